The number of H-pyrrole nitrogens is 2. The van der Waals surface area contributed by atoms with Gasteiger partial charge in [0.05, 0.1) is 12.8 Å². The lowest BCUT2D eigenvalue weighted by molar-refractivity contribution is 0.299. The molecule has 0 aliphatic rings. The van der Waals surface area contributed by atoms with Crippen molar-refractivity contribution in [2.45, 2.75) is 13.3 Å². The number of aliphatic hydroxyl groups excluding tert-OH is 1. The SMILES string of the molecule is COc1ccc(-n2[nH]c3[nH]c(C)c(CCO)c(=O)c3c2=O)cc1. The molecule has 7 heteroatoms. The van der Waals surface area contributed by atoms with Gasteiger partial charge in [-0.1, -0.05) is 0 Å². The number of fused-ring (bicyclic) bond motifs is 1. The Balaban J connectivity index is 2.24. The highest BCUT2D eigenvalue weighted by Gasteiger charge is 2.16. The van der Waals surface area contributed by atoms with E-state index in [0.717, 1.165) is 0 Å². The first kappa shape index (κ1) is 15.1. The summed E-state index contributed by atoms with van der Waals surface area (Å²) in [5, 5.41) is 12.1. The Bertz CT molecular complexity index is 964. The molecule has 0 aliphatic carbocycles. The van der Waals surface area contributed by atoms with Crippen LogP contribution in [0.4, 0.5) is 0 Å². The lowest BCUT2D eigenvalue weighted by atomic mass is 10.1. The van der Waals surface area contributed by atoms with Crippen LogP contribution in [0, 0.1) is 6.92 Å². The first-order valence-corrected chi connectivity index (χ1v) is 7.18. The number of nitrogens with zero attached hydrogens (tertiary/aromatic N) is 1. The van der Waals surface area contributed by atoms with Crippen molar-refractivity contribution in [3.63, 3.8) is 0 Å². The second-order valence-corrected chi connectivity index (χ2v) is 5.23. The van der Waals surface area contributed by atoms with Gasteiger partial charge in [0.1, 0.15) is 16.8 Å². The number of hydrogen-bond acceptors (Lipinski definition) is 4. The number of nitrogens with one attached hydrogen (secondary N) is 2. The van der Waals surface area contributed by atoms with E-state index in [9.17, 15) is 9.59 Å². The Morgan fingerprint density at radius 2 is 1.91 bits per heavy atom. The fraction of sp³-hybridized carbons (Fsp3) is 0.250. The highest BCUT2D eigenvalue weighted by atomic mass is 16.5. The Hall–Kier alpha value is -2.80. The van der Waals surface area contributed by atoms with Gasteiger partial charge in [-0.25, -0.2) is 4.68 Å². The second-order valence-electron chi connectivity index (χ2n) is 5.23. The van der Waals surface area contributed by atoms with Crippen LogP contribution < -0.4 is 15.7 Å². The van der Waals surface area contributed by atoms with Crippen LogP contribution in [0.2, 0.25) is 0 Å². The number of aromatic nitrogens is 3. The molecule has 7 nitrogen and oxygen atoms in total. The number of ether oxygens (including phenoxy) is 1. The van der Waals surface area contributed by atoms with Crippen molar-refractivity contribution in [2.75, 3.05) is 13.7 Å². The number of hydrogen-bond donors (Lipinski definition) is 3. The highest BCUT2D eigenvalue weighted by molar-refractivity contribution is 5.75. The van der Waals surface area contributed by atoms with Crippen LogP contribution in [0.15, 0.2) is 33.9 Å². The molecule has 0 amide bonds. The summed E-state index contributed by atoms with van der Waals surface area (Å²) in [6.07, 6.45) is 0.213. The van der Waals surface area contributed by atoms with Gasteiger partial charge < -0.3 is 14.8 Å². The maximum absolute atomic E-state index is 12.6. The van der Waals surface area contributed by atoms with E-state index in [4.69, 9.17) is 9.84 Å². The molecule has 3 N–H and O–H groups in total. The molecule has 2 aromatic heterocycles. The van der Waals surface area contributed by atoms with Crippen molar-refractivity contribution in [2.24, 2.45) is 0 Å². The average molecular weight is 315 g/mol. The van der Waals surface area contributed by atoms with Crippen LogP contribution in [0.1, 0.15) is 11.3 Å². The van der Waals surface area contributed by atoms with E-state index in [1.807, 2.05) is 0 Å². The van der Waals surface area contributed by atoms with Gasteiger partial charge in [-0.15, -0.1) is 0 Å². The number of methoxy groups -OCH3 is 1. The minimum Gasteiger partial charge on any atom is -0.497 e. The molecule has 0 spiro atoms. The molecule has 120 valence electrons. The fourth-order valence-electron chi connectivity index (χ4n) is 2.65. The van der Waals surface area contributed by atoms with Crippen LogP contribution in [0.3, 0.4) is 0 Å². The van der Waals surface area contributed by atoms with Gasteiger partial charge in [0, 0.05) is 24.3 Å². The van der Waals surface area contributed by atoms with Gasteiger partial charge in [0.15, 0.2) is 5.43 Å². The normalized spacial score (nSPS) is 11.1. The van der Waals surface area contributed by atoms with Crippen molar-refractivity contribution in [1.82, 2.24) is 14.8 Å². The Morgan fingerprint density at radius 1 is 1.22 bits per heavy atom. The van der Waals surface area contributed by atoms with Crippen molar-refractivity contribution < 1.29 is 9.84 Å². The number of rotatable bonds is 4. The topological polar surface area (TPSA) is 100 Å². The van der Waals surface area contributed by atoms with Crippen molar-refractivity contribution in [3.05, 3.63) is 56.1 Å². The molecule has 3 aromatic rings. The van der Waals surface area contributed by atoms with Crippen molar-refractivity contribution in [3.8, 4) is 11.4 Å². The lowest BCUT2D eigenvalue weighted by Crippen LogP contribution is -2.21. The largest absolute Gasteiger partial charge is 0.497 e. The third-order valence-corrected chi connectivity index (χ3v) is 3.85. The van der Waals surface area contributed by atoms with Crippen LogP contribution in [0.25, 0.3) is 16.7 Å². The first-order chi connectivity index (χ1) is 11.1. The van der Waals surface area contributed by atoms with Crippen molar-refractivity contribution in [1.29, 1.82) is 0 Å². The molecule has 0 radical (unpaired) electrons. The standard InChI is InChI=1S/C16H17N3O4/c1-9-12(7-8-20)14(21)13-15(17-9)18-19(16(13)22)10-3-5-11(23-2)6-4-10/h3-6,20H,7-8H2,1-2H3,(H2,17,18,21). The van der Waals surface area contributed by atoms with Gasteiger partial charge in [-0.3, -0.25) is 14.7 Å². The summed E-state index contributed by atoms with van der Waals surface area (Å²) in [7, 11) is 1.56. The summed E-state index contributed by atoms with van der Waals surface area (Å²) in [5.74, 6) is 0.676. The van der Waals surface area contributed by atoms with Crippen LogP contribution in [-0.4, -0.2) is 33.6 Å². The molecule has 1 aromatic carbocycles. The molecular weight excluding hydrogens is 298 g/mol. The smallest absolute Gasteiger partial charge is 0.284 e. The second kappa shape index (κ2) is 5.77. The third-order valence-electron chi connectivity index (χ3n) is 3.85. The quantitative estimate of drug-likeness (QED) is 0.665. The molecule has 0 aliphatic heterocycles. The summed E-state index contributed by atoms with van der Waals surface area (Å²) in [6.45, 7) is 1.60. The van der Waals surface area contributed by atoms with E-state index in [0.29, 0.717) is 28.3 Å². The molecule has 2 heterocycles. The lowest BCUT2D eigenvalue weighted by Gasteiger charge is -2.03. The zero-order valence-electron chi connectivity index (χ0n) is 12.8. The molecular formula is C16H17N3O4. The number of pyridine rings is 1. The van der Waals surface area contributed by atoms with Gasteiger partial charge in [-0.05, 0) is 31.2 Å². The van der Waals surface area contributed by atoms with E-state index in [1.54, 1.807) is 38.3 Å². The van der Waals surface area contributed by atoms with Gasteiger partial charge in [-0.2, -0.15) is 0 Å². The summed E-state index contributed by atoms with van der Waals surface area (Å²) < 4.78 is 6.40. The van der Waals surface area contributed by atoms with E-state index in [-0.39, 0.29) is 23.8 Å². The van der Waals surface area contributed by atoms with Gasteiger partial charge in [0.2, 0.25) is 0 Å². The molecule has 0 fully saturated rings. The molecule has 23 heavy (non-hydrogen) atoms. The third kappa shape index (κ3) is 2.44. The monoisotopic (exact) mass is 315 g/mol. The average Bonchev–Trinajstić information content (AvgIpc) is 2.88. The Morgan fingerprint density at radius 3 is 2.52 bits per heavy atom. The van der Waals surface area contributed by atoms with Crippen LogP contribution >= 0.6 is 0 Å². The Labute approximate surface area is 131 Å². The number of aromatic amines is 2. The molecule has 0 saturated heterocycles. The van der Waals surface area contributed by atoms with Crippen molar-refractivity contribution >= 4 is 11.0 Å². The summed E-state index contributed by atoms with van der Waals surface area (Å²) in [5.41, 5.74) is 1.26. The maximum atomic E-state index is 12.6. The van der Waals surface area contributed by atoms with E-state index in [1.165, 1.54) is 4.68 Å². The zero-order chi connectivity index (χ0) is 16.6. The number of aliphatic hydroxyl groups is 1. The summed E-state index contributed by atoms with van der Waals surface area (Å²) in [6, 6.07) is 6.91. The van der Waals surface area contributed by atoms with E-state index >= 15 is 0 Å². The molecule has 0 saturated carbocycles. The molecule has 0 bridgehead atoms. The number of aryl methyl sites for hydroxylation is 1. The van der Waals surface area contributed by atoms with Crippen LogP contribution in [0.5, 0.6) is 5.75 Å². The number of benzene rings is 1. The molecule has 3 rings (SSSR count). The van der Waals surface area contributed by atoms with Crippen LogP contribution in [-0.2, 0) is 6.42 Å². The predicted molar refractivity (Wildman–Crippen MR) is 86.6 cm³/mol. The summed E-state index contributed by atoms with van der Waals surface area (Å²) in [4.78, 5) is 28.1. The molecule has 0 atom stereocenters. The fourth-order valence-corrected chi connectivity index (χ4v) is 2.65. The maximum Gasteiger partial charge on any atom is 0.284 e. The van der Waals surface area contributed by atoms with E-state index in [2.05, 4.69) is 10.1 Å². The zero-order valence-corrected chi connectivity index (χ0v) is 12.8. The van der Waals surface area contributed by atoms with Gasteiger partial charge in [0.25, 0.3) is 5.56 Å². The summed E-state index contributed by atoms with van der Waals surface area (Å²) >= 11 is 0. The predicted octanol–water partition coefficient (Wildman–Crippen LogP) is 0.859. The first-order valence-electron chi connectivity index (χ1n) is 7.18. The Kier molecular flexibility index (Phi) is 3.79. The van der Waals surface area contributed by atoms with Gasteiger partial charge >= 0.3 is 0 Å². The highest BCUT2D eigenvalue weighted by Crippen LogP contribution is 2.14. The minimum absolute atomic E-state index is 0.0647. The van der Waals surface area contributed by atoms with E-state index < -0.39 is 5.56 Å². The molecule has 0 unspecified atom stereocenters. The minimum atomic E-state index is -0.425.